The van der Waals surface area contributed by atoms with E-state index in [2.05, 4.69) is 10.3 Å². The monoisotopic (exact) mass is 456 g/mol. The van der Waals surface area contributed by atoms with E-state index in [1.165, 1.54) is 0 Å². The highest BCUT2D eigenvalue weighted by molar-refractivity contribution is 6.62. The van der Waals surface area contributed by atoms with Crippen molar-refractivity contribution in [2.24, 2.45) is 5.92 Å². The summed E-state index contributed by atoms with van der Waals surface area (Å²) in [5.74, 6) is 0.334. The molecule has 3 N–H and O–H groups in total. The predicted molar refractivity (Wildman–Crippen MR) is 125 cm³/mol. The lowest BCUT2D eigenvalue weighted by Crippen LogP contribution is -2.50. The summed E-state index contributed by atoms with van der Waals surface area (Å²) in [7, 11) is -0.474. The first-order chi connectivity index (χ1) is 15.4. The molecule has 178 valence electrons. The van der Waals surface area contributed by atoms with Gasteiger partial charge in [0, 0.05) is 6.54 Å². The highest BCUT2D eigenvalue weighted by Gasteiger charge is 2.51. The highest BCUT2D eigenvalue weighted by atomic mass is 16.7. The number of nitrogens with one attached hydrogen (secondary N) is 2. The van der Waals surface area contributed by atoms with Gasteiger partial charge in [0.2, 0.25) is 5.91 Å². The van der Waals surface area contributed by atoms with E-state index in [1.807, 2.05) is 59.7 Å². The number of aromatic nitrogens is 2. The van der Waals surface area contributed by atoms with Crippen molar-refractivity contribution in [3.8, 4) is 0 Å². The molecule has 0 aliphatic carbocycles. The van der Waals surface area contributed by atoms with E-state index in [1.54, 1.807) is 4.90 Å². The molecule has 2 saturated heterocycles. The van der Waals surface area contributed by atoms with E-state index in [4.69, 9.17) is 19.4 Å². The van der Waals surface area contributed by atoms with Gasteiger partial charge in [-0.2, -0.15) is 0 Å². The Morgan fingerprint density at radius 3 is 2.52 bits per heavy atom. The van der Waals surface area contributed by atoms with E-state index in [9.17, 15) is 9.59 Å². The highest BCUT2D eigenvalue weighted by Crippen LogP contribution is 2.37. The summed E-state index contributed by atoms with van der Waals surface area (Å²) in [6, 6.07) is 4.87. The lowest BCUT2D eigenvalue weighted by Gasteiger charge is -2.32. The second-order valence-electron chi connectivity index (χ2n) is 10.3. The molecule has 0 radical (unpaired) electrons. The molecular formula is C23H33BN4O5. The standard InChI is InChI=1S/C23H33BN4O5/c1-13(2)18(27-21(30)31)20(29)28-11-7-8-17(28)19-25-15-10-9-14(12-16(15)26-19)24-32-22(3,4)23(5,6)33-24/h9-10,12-13,17-18,27H,7-8,11H2,1-6H3,(H,25,26)(H,30,31). The molecule has 0 bridgehead atoms. The van der Waals surface area contributed by atoms with Crippen LogP contribution in [0.5, 0.6) is 0 Å². The third-order valence-corrected chi connectivity index (χ3v) is 7.11. The summed E-state index contributed by atoms with van der Waals surface area (Å²) < 4.78 is 12.3. The maximum Gasteiger partial charge on any atom is 0.494 e. The van der Waals surface area contributed by atoms with Crippen LogP contribution in [0.4, 0.5) is 4.79 Å². The summed E-state index contributed by atoms with van der Waals surface area (Å²) in [6.45, 7) is 12.3. The van der Waals surface area contributed by atoms with Crippen LogP contribution in [0.25, 0.3) is 11.0 Å². The molecule has 2 aliphatic heterocycles. The number of hydrogen-bond acceptors (Lipinski definition) is 5. The van der Waals surface area contributed by atoms with Crippen LogP contribution in [0.1, 0.15) is 66.3 Å². The fraction of sp³-hybridized carbons (Fsp3) is 0.609. The van der Waals surface area contributed by atoms with Gasteiger partial charge in [-0.05, 0) is 64.1 Å². The Labute approximate surface area is 194 Å². The van der Waals surface area contributed by atoms with Crippen LogP contribution in [-0.4, -0.2) is 62.9 Å². The third kappa shape index (κ3) is 4.33. The molecule has 0 saturated carbocycles. The van der Waals surface area contributed by atoms with Crippen molar-refractivity contribution in [1.29, 1.82) is 0 Å². The molecule has 4 rings (SSSR count). The average Bonchev–Trinajstić information content (AvgIpc) is 3.40. The number of amides is 2. The van der Waals surface area contributed by atoms with Crippen LogP contribution in [0, 0.1) is 5.92 Å². The van der Waals surface area contributed by atoms with Gasteiger partial charge in [0.1, 0.15) is 11.9 Å². The number of aromatic amines is 1. The molecule has 9 nitrogen and oxygen atoms in total. The summed E-state index contributed by atoms with van der Waals surface area (Å²) in [4.78, 5) is 34.3. The van der Waals surface area contributed by atoms with E-state index in [0.717, 1.165) is 29.3 Å². The first-order valence-corrected chi connectivity index (χ1v) is 11.5. The van der Waals surface area contributed by atoms with Gasteiger partial charge in [-0.3, -0.25) is 4.79 Å². The predicted octanol–water partition coefficient (Wildman–Crippen LogP) is 2.82. The Hall–Kier alpha value is -2.59. The van der Waals surface area contributed by atoms with Gasteiger partial charge >= 0.3 is 13.2 Å². The van der Waals surface area contributed by atoms with Crippen LogP contribution in [0.3, 0.4) is 0 Å². The van der Waals surface area contributed by atoms with E-state index >= 15 is 0 Å². The number of likely N-dealkylation sites (tertiary alicyclic amines) is 1. The van der Waals surface area contributed by atoms with E-state index in [-0.39, 0.29) is 17.9 Å². The SMILES string of the molecule is CC(C)C(NC(=O)O)C(=O)N1CCCC1c1nc2cc(B3OC(C)(C)C(C)(C)O3)ccc2[nH]1. The summed E-state index contributed by atoms with van der Waals surface area (Å²) in [5.41, 5.74) is 1.69. The van der Waals surface area contributed by atoms with Crippen molar-refractivity contribution in [3.63, 3.8) is 0 Å². The van der Waals surface area contributed by atoms with Gasteiger partial charge in [0.15, 0.2) is 0 Å². The minimum Gasteiger partial charge on any atom is -0.465 e. The van der Waals surface area contributed by atoms with E-state index in [0.29, 0.717) is 12.4 Å². The molecule has 2 amide bonds. The number of rotatable bonds is 5. The summed E-state index contributed by atoms with van der Waals surface area (Å²) in [5, 5.41) is 11.5. The minimum atomic E-state index is -1.20. The molecule has 3 heterocycles. The van der Waals surface area contributed by atoms with Gasteiger partial charge < -0.3 is 29.6 Å². The molecule has 0 spiro atoms. The molecule has 10 heteroatoms. The topological polar surface area (TPSA) is 117 Å². The van der Waals surface area contributed by atoms with Crippen LogP contribution >= 0.6 is 0 Å². The second kappa shape index (κ2) is 8.32. The number of carbonyl (C=O) groups excluding carboxylic acids is 1. The zero-order chi connectivity index (χ0) is 24.1. The van der Waals surface area contributed by atoms with Crippen LogP contribution in [0.2, 0.25) is 0 Å². The average molecular weight is 456 g/mol. The lowest BCUT2D eigenvalue weighted by molar-refractivity contribution is -0.135. The van der Waals surface area contributed by atoms with Gasteiger partial charge in [-0.15, -0.1) is 0 Å². The number of benzene rings is 1. The first kappa shape index (κ1) is 23.6. The molecule has 2 unspecified atom stereocenters. The number of fused-ring (bicyclic) bond motifs is 1. The third-order valence-electron chi connectivity index (χ3n) is 7.11. The van der Waals surface area contributed by atoms with Crippen molar-refractivity contribution in [1.82, 2.24) is 20.2 Å². The smallest absolute Gasteiger partial charge is 0.465 e. The summed E-state index contributed by atoms with van der Waals surface area (Å²) >= 11 is 0. The van der Waals surface area contributed by atoms with Crippen LogP contribution in [0.15, 0.2) is 18.2 Å². The van der Waals surface area contributed by atoms with Gasteiger partial charge in [-0.1, -0.05) is 19.9 Å². The number of imidazole rings is 1. The largest absolute Gasteiger partial charge is 0.494 e. The zero-order valence-corrected chi connectivity index (χ0v) is 20.1. The maximum atomic E-state index is 13.2. The van der Waals surface area contributed by atoms with Gasteiger partial charge in [0.25, 0.3) is 0 Å². The number of carboxylic acid groups (broad SMARTS) is 1. The minimum absolute atomic E-state index is 0.159. The Morgan fingerprint density at radius 1 is 1.24 bits per heavy atom. The first-order valence-electron chi connectivity index (χ1n) is 11.5. The Kier molecular flexibility index (Phi) is 5.95. The normalized spacial score (nSPS) is 22.8. The molecule has 1 aromatic heterocycles. The molecule has 2 aliphatic rings. The fourth-order valence-corrected chi connectivity index (χ4v) is 4.47. The molecule has 2 fully saturated rings. The zero-order valence-electron chi connectivity index (χ0n) is 20.1. The number of carbonyl (C=O) groups is 2. The van der Waals surface area contributed by atoms with Gasteiger partial charge in [-0.25, -0.2) is 9.78 Å². The van der Waals surface area contributed by atoms with Crippen molar-refractivity contribution >= 4 is 35.6 Å². The molecule has 2 atom stereocenters. The number of hydrogen-bond donors (Lipinski definition) is 3. The second-order valence-corrected chi connectivity index (χ2v) is 10.3. The lowest BCUT2D eigenvalue weighted by atomic mass is 9.79. The Balaban J connectivity index is 1.58. The molecule has 2 aromatic rings. The van der Waals surface area contributed by atoms with E-state index < -0.39 is 30.5 Å². The van der Waals surface area contributed by atoms with Crippen LogP contribution in [-0.2, 0) is 14.1 Å². The van der Waals surface area contributed by atoms with Crippen molar-refractivity contribution < 1.29 is 24.0 Å². The number of nitrogens with zero attached hydrogens (tertiary/aromatic N) is 2. The van der Waals surface area contributed by atoms with Gasteiger partial charge in [0.05, 0.1) is 28.3 Å². The van der Waals surface area contributed by atoms with Crippen molar-refractivity contribution in [2.45, 2.75) is 77.7 Å². The number of H-pyrrole nitrogens is 1. The molecule has 1 aromatic carbocycles. The van der Waals surface area contributed by atoms with Crippen LogP contribution < -0.4 is 10.8 Å². The molecular weight excluding hydrogens is 423 g/mol. The van der Waals surface area contributed by atoms with Crippen molar-refractivity contribution in [3.05, 3.63) is 24.0 Å². The maximum absolute atomic E-state index is 13.2. The van der Waals surface area contributed by atoms with Crippen molar-refractivity contribution in [2.75, 3.05) is 6.54 Å². The summed E-state index contributed by atoms with van der Waals surface area (Å²) in [6.07, 6.45) is 0.412. The fourth-order valence-electron chi connectivity index (χ4n) is 4.47. The quantitative estimate of drug-likeness (QED) is 0.596. The molecule has 33 heavy (non-hydrogen) atoms. The Morgan fingerprint density at radius 2 is 1.91 bits per heavy atom. The Bertz CT molecular complexity index is 1050.